The van der Waals surface area contributed by atoms with Crippen LogP contribution < -0.4 is 19.1 Å². The van der Waals surface area contributed by atoms with E-state index in [0.717, 1.165) is 24.8 Å². The molecular formula is C21H21BrN2O5S. The molecule has 0 saturated heterocycles. The van der Waals surface area contributed by atoms with Crippen molar-refractivity contribution in [1.82, 2.24) is 4.72 Å². The number of sulfonamides is 1. The van der Waals surface area contributed by atoms with E-state index < -0.39 is 16.1 Å². The summed E-state index contributed by atoms with van der Waals surface area (Å²) in [6.07, 6.45) is 2.13. The van der Waals surface area contributed by atoms with E-state index in [1.54, 1.807) is 23.1 Å². The van der Waals surface area contributed by atoms with Crippen molar-refractivity contribution in [1.29, 1.82) is 0 Å². The molecular weight excluding hydrogens is 472 g/mol. The van der Waals surface area contributed by atoms with E-state index >= 15 is 0 Å². The van der Waals surface area contributed by atoms with E-state index in [1.807, 2.05) is 18.2 Å². The summed E-state index contributed by atoms with van der Waals surface area (Å²) in [6.45, 7) is 0.931. The number of hydrogen-bond donors (Lipinski definition) is 1. The van der Waals surface area contributed by atoms with Crippen molar-refractivity contribution in [3.8, 4) is 11.5 Å². The van der Waals surface area contributed by atoms with Gasteiger partial charge in [-0.05, 0) is 65.0 Å². The third kappa shape index (κ3) is 3.70. The zero-order valence-corrected chi connectivity index (χ0v) is 18.5. The van der Waals surface area contributed by atoms with Crippen LogP contribution in [0.1, 0.15) is 18.4 Å². The first kappa shape index (κ1) is 19.8. The number of carbonyl (C=O) groups excluding carboxylic acids is 1. The van der Waals surface area contributed by atoms with Gasteiger partial charge in [0, 0.05) is 22.6 Å². The Morgan fingerprint density at radius 1 is 1.20 bits per heavy atom. The van der Waals surface area contributed by atoms with Crippen molar-refractivity contribution in [3.05, 3.63) is 46.4 Å². The monoisotopic (exact) mass is 492 g/mol. The topological polar surface area (TPSA) is 84.9 Å². The van der Waals surface area contributed by atoms with Crippen LogP contribution in [0, 0.1) is 5.92 Å². The highest BCUT2D eigenvalue weighted by molar-refractivity contribution is 9.10. The first-order valence-electron chi connectivity index (χ1n) is 9.94. The molecule has 158 valence electrons. The molecule has 0 spiro atoms. The molecule has 1 N–H and O–H groups in total. The number of rotatable bonds is 5. The molecule has 1 saturated carbocycles. The van der Waals surface area contributed by atoms with Crippen LogP contribution in [0.25, 0.3) is 0 Å². The Morgan fingerprint density at radius 3 is 2.73 bits per heavy atom. The summed E-state index contributed by atoms with van der Waals surface area (Å²) in [7, 11) is -3.81. The van der Waals surface area contributed by atoms with Gasteiger partial charge < -0.3 is 14.4 Å². The lowest BCUT2D eigenvalue weighted by molar-refractivity contribution is -0.119. The summed E-state index contributed by atoms with van der Waals surface area (Å²) >= 11 is 3.39. The van der Waals surface area contributed by atoms with E-state index in [-0.39, 0.29) is 29.9 Å². The standard InChI is InChI=1S/C21H21BrN2O5S/c22-16-9-14-7-8-24(21(25)13-5-6-13)17(14)10-20(16)30(26,27)23-11-15-12-28-18-3-1-2-4-19(18)29-15/h1-4,9-10,13,15,23H,5-8,11-12H2. The SMILES string of the molecule is O=C(C1CC1)N1CCc2cc(Br)c(S(=O)(=O)NCC3COc4ccccc4O3)cc21. The highest BCUT2D eigenvalue weighted by Gasteiger charge is 2.37. The molecule has 1 fully saturated rings. The van der Waals surface area contributed by atoms with Crippen LogP contribution >= 0.6 is 15.9 Å². The predicted octanol–water partition coefficient (Wildman–Crippen LogP) is 2.87. The maximum Gasteiger partial charge on any atom is 0.241 e. The molecule has 9 heteroatoms. The van der Waals surface area contributed by atoms with Gasteiger partial charge >= 0.3 is 0 Å². The van der Waals surface area contributed by atoms with Gasteiger partial charge in [-0.3, -0.25) is 4.79 Å². The molecule has 0 radical (unpaired) electrons. The van der Waals surface area contributed by atoms with Crippen molar-refractivity contribution < 1.29 is 22.7 Å². The lowest BCUT2D eigenvalue weighted by Crippen LogP contribution is -2.40. The quantitative estimate of drug-likeness (QED) is 0.693. The summed E-state index contributed by atoms with van der Waals surface area (Å²) < 4.78 is 40.6. The normalized spacial score (nSPS) is 20.2. The zero-order chi connectivity index (χ0) is 20.9. The Balaban J connectivity index is 1.33. The fraction of sp³-hybridized carbons (Fsp3) is 0.381. The van der Waals surface area contributed by atoms with Gasteiger partial charge in [-0.25, -0.2) is 13.1 Å². The second-order valence-corrected chi connectivity index (χ2v) is 10.4. The molecule has 0 aromatic heterocycles. The number of hydrogen-bond acceptors (Lipinski definition) is 5. The molecule has 5 rings (SSSR count). The molecule has 7 nitrogen and oxygen atoms in total. The molecule has 1 atom stereocenters. The highest BCUT2D eigenvalue weighted by atomic mass is 79.9. The predicted molar refractivity (Wildman–Crippen MR) is 114 cm³/mol. The smallest absolute Gasteiger partial charge is 0.241 e. The minimum atomic E-state index is -3.81. The summed E-state index contributed by atoms with van der Waals surface area (Å²) in [6, 6.07) is 10.7. The molecule has 3 aliphatic rings. The fourth-order valence-electron chi connectivity index (χ4n) is 3.82. The lowest BCUT2D eigenvalue weighted by atomic mass is 10.2. The second-order valence-electron chi connectivity index (χ2n) is 7.77. The average Bonchev–Trinajstić information content (AvgIpc) is 3.51. The van der Waals surface area contributed by atoms with Crippen LogP contribution in [-0.4, -0.2) is 40.1 Å². The van der Waals surface area contributed by atoms with E-state index in [1.165, 1.54) is 0 Å². The van der Waals surface area contributed by atoms with Crippen molar-refractivity contribution in [2.75, 3.05) is 24.6 Å². The van der Waals surface area contributed by atoms with Crippen molar-refractivity contribution in [3.63, 3.8) is 0 Å². The molecule has 2 aromatic carbocycles. The van der Waals surface area contributed by atoms with Crippen LogP contribution in [0.2, 0.25) is 0 Å². The van der Waals surface area contributed by atoms with Crippen LogP contribution in [0.15, 0.2) is 45.8 Å². The van der Waals surface area contributed by atoms with Gasteiger partial charge in [0.2, 0.25) is 15.9 Å². The largest absolute Gasteiger partial charge is 0.486 e. The summed E-state index contributed by atoms with van der Waals surface area (Å²) in [4.78, 5) is 14.4. The van der Waals surface area contributed by atoms with E-state index in [2.05, 4.69) is 20.7 Å². The highest BCUT2D eigenvalue weighted by Crippen LogP contribution is 2.39. The number of carbonyl (C=O) groups is 1. The number of fused-ring (bicyclic) bond motifs is 2. The molecule has 1 amide bonds. The van der Waals surface area contributed by atoms with Gasteiger partial charge in [0.05, 0.1) is 11.4 Å². The number of nitrogens with one attached hydrogen (secondary N) is 1. The number of ether oxygens (including phenoxy) is 2. The average molecular weight is 493 g/mol. The molecule has 0 bridgehead atoms. The molecule has 2 aliphatic heterocycles. The number of nitrogens with zero attached hydrogens (tertiary/aromatic N) is 1. The first-order valence-corrected chi connectivity index (χ1v) is 12.2. The van der Waals surface area contributed by atoms with Gasteiger partial charge in [-0.1, -0.05) is 12.1 Å². The molecule has 30 heavy (non-hydrogen) atoms. The number of para-hydroxylation sites is 2. The minimum Gasteiger partial charge on any atom is -0.486 e. The maximum absolute atomic E-state index is 13.0. The third-order valence-electron chi connectivity index (χ3n) is 5.58. The Morgan fingerprint density at radius 2 is 1.97 bits per heavy atom. The van der Waals surface area contributed by atoms with Crippen LogP contribution in [0.4, 0.5) is 5.69 Å². The molecule has 2 aromatic rings. The lowest BCUT2D eigenvalue weighted by Gasteiger charge is -2.26. The van der Waals surface area contributed by atoms with Crippen LogP contribution in [0.5, 0.6) is 11.5 Å². The second kappa shape index (κ2) is 7.55. The minimum absolute atomic E-state index is 0.0743. The summed E-state index contributed by atoms with van der Waals surface area (Å²) in [5.74, 6) is 1.43. The Labute approximate surface area is 183 Å². The Kier molecular flexibility index (Phi) is 4.99. The van der Waals surface area contributed by atoms with Crippen molar-refractivity contribution in [2.45, 2.75) is 30.3 Å². The maximum atomic E-state index is 13.0. The number of halogens is 1. The van der Waals surface area contributed by atoms with Gasteiger partial charge in [0.15, 0.2) is 11.5 Å². The van der Waals surface area contributed by atoms with E-state index in [4.69, 9.17) is 9.47 Å². The van der Waals surface area contributed by atoms with Crippen LogP contribution in [-0.2, 0) is 21.2 Å². The third-order valence-corrected chi connectivity index (χ3v) is 7.96. The zero-order valence-electron chi connectivity index (χ0n) is 16.1. The first-order chi connectivity index (χ1) is 14.4. The van der Waals surface area contributed by atoms with Crippen molar-refractivity contribution in [2.24, 2.45) is 5.92 Å². The summed E-state index contributed by atoms with van der Waals surface area (Å²) in [5.41, 5.74) is 1.68. The van der Waals surface area contributed by atoms with Gasteiger partial charge in [-0.2, -0.15) is 0 Å². The number of amides is 1. The molecule has 1 aliphatic carbocycles. The molecule has 1 unspecified atom stereocenters. The number of benzene rings is 2. The van der Waals surface area contributed by atoms with E-state index in [0.29, 0.717) is 28.2 Å². The Hall–Kier alpha value is -2.10. The summed E-state index contributed by atoms with van der Waals surface area (Å²) in [5, 5.41) is 0. The molecule has 2 heterocycles. The van der Waals surface area contributed by atoms with Crippen molar-refractivity contribution >= 4 is 37.5 Å². The van der Waals surface area contributed by atoms with E-state index in [9.17, 15) is 13.2 Å². The number of anilines is 1. The van der Waals surface area contributed by atoms with Gasteiger partial charge in [0.25, 0.3) is 0 Å². The van der Waals surface area contributed by atoms with Gasteiger partial charge in [-0.15, -0.1) is 0 Å². The fourth-order valence-corrected chi connectivity index (χ4v) is 5.99. The van der Waals surface area contributed by atoms with Gasteiger partial charge in [0.1, 0.15) is 12.7 Å². The van der Waals surface area contributed by atoms with Crippen LogP contribution in [0.3, 0.4) is 0 Å². The Bertz CT molecular complexity index is 1120.